The van der Waals surface area contributed by atoms with Gasteiger partial charge in [-0.05, 0) is 57.0 Å². The van der Waals surface area contributed by atoms with E-state index in [4.69, 9.17) is 0 Å². The third kappa shape index (κ3) is 3.43. The molecule has 1 aromatic carbocycles. The monoisotopic (exact) mass is 352 g/mol. The minimum absolute atomic E-state index is 0.423. The molecule has 0 amide bonds. The van der Waals surface area contributed by atoms with Gasteiger partial charge >= 0.3 is 0 Å². The average molecular weight is 353 g/mol. The Morgan fingerprint density at radius 2 is 1.95 bits per heavy atom. The number of benzene rings is 1. The Bertz CT molecular complexity index is 486. The van der Waals surface area contributed by atoms with Crippen molar-refractivity contribution in [1.82, 2.24) is 4.90 Å². The van der Waals surface area contributed by atoms with Crippen molar-refractivity contribution in [3.63, 3.8) is 0 Å². The minimum Gasteiger partial charge on any atom is -0.389 e. The molecule has 1 aromatic rings. The van der Waals surface area contributed by atoms with Crippen LogP contribution in [0.3, 0.4) is 0 Å². The maximum atomic E-state index is 9.72. The van der Waals surface area contributed by atoms with E-state index in [0.717, 1.165) is 29.2 Å². The van der Waals surface area contributed by atoms with Gasteiger partial charge in [0.2, 0.25) is 0 Å². The summed E-state index contributed by atoms with van der Waals surface area (Å²) in [5.74, 6) is 0. The molecule has 2 atom stereocenters. The molecule has 2 heterocycles. The van der Waals surface area contributed by atoms with Crippen molar-refractivity contribution in [3.8, 4) is 0 Å². The fourth-order valence-electron chi connectivity index (χ4n) is 3.61. The number of halogens is 1. The van der Waals surface area contributed by atoms with Crippen molar-refractivity contribution < 1.29 is 5.11 Å². The lowest BCUT2D eigenvalue weighted by Crippen LogP contribution is -2.40. The molecular weight excluding hydrogens is 328 g/mol. The van der Waals surface area contributed by atoms with E-state index in [1.54, 1.807) is 0 Å². The van der Waals surface area contributed by atoms with Crippen molar-refractivity contribution >= 4 is 21.6 Å². The second kappa shape index (κ2) is 6.67. The molecule has 0 spiro atoms. The lowest BCUT2D eigenvalue weighted by Gasteiger charge is -2.32. The standard InChI is InChI=1S/C17H25BrN2O/c1-13(21)16-6-5-14(11-17(16)18)20-10-7-15(12-20)19-8-3-2-4-9-19/h5-6,11,13,15,21H,2-4,7-10,12H2,1H3. The van der Waals surface area contributed by atoms with E-state index in [2.05, 4.69) is 37.9 Å². The SMILES string of the molecule is CC(O)c1ccc(N2CCC(N3CCCCC3)C2)cc1Br. The van der Waals surface area contributed by atoms with Crippen LogP contribution < -0.4 is 4.90 Å². The summed E-state index contributed by atoms with van der Waals surface area (Å²) in [4.78, 5) is 5.17. The first kappa shape index (κ1) is 15.3. The predicted octanol–water partition coefficient (Wildman–Crippen LogP) is 3.57. The molecule has 0 aromatic heterocycles. The van der Waals surface area contributed by atoms with Crippen LogP contribution in [0.4, 0.5) is 5.69 Å². The zero-order valence-electron chi connectivity index (χ0n) is 12.8. The highest BCUT2D eigenvalue weighted by molar-refractivity contribution is 9.10. The molecule has 2 aliphatic rings. The van der Waals surface area contributed by atoms with Gasteiger partial charge in [0, 0.05) is 29.3 Å². The van der Waals surface area contributed by atoms with E-state index in [9.17, 15) is 5.11 Å². The lowest BCUT2D eigenvalue weighted by atomic mass is 10.1. The van der Waals surface area contributed by atoms with Gasteiger partial charge in [-0.2, -0.15) is 0 Å². The van der Waals surface area contributed by atoms with E-state index >= 15 is 0 Å². The normalized spacial score (nSPS) is 25.3. The molecule has 116 valence electrons. The second-order valence-corrected chi connectivity index (χ2v) is 7.22. The van der Waals surface area contributed by atoms with Gasteiger partial charge in [-0.25, -0.2) is 0 Å². The molecule has 0 bridgehead atoms. The van der Waals surface area contributed by atoms with Crippen LogP contribution in [0.1, 0.15) is 44.3 Å². The molecular formula is C17H25BrN2O. The van der Waals surface area contributed by atoms with E-state index in [-0.39, 0.29) is 0 Å². The van der Waals surface area contributed by atoms with E-state index in [0.29, 0.717) is 0 Å². The third-order valence-corrected chi connectivity index (χ3v) is 5.56. The fourth-order valence-corrected chi connectivity index (χ4v) is 4.31. The third-order valence-electron chi connectivity index (χ3n) is 4.87. The first-order chi connectivity index (χ1) is 10.1. The van der Waals surface area contributed by atoms with Gasteiger partial charge in [-0.3, -0.25) is 4.90 Å². The number of anilines is 1. The maximum Gasteiger partial charge on any atom is 0.0772 e. The van der Waals surface area contributed by atoms with Crippen LogP contribution in [-0.2, 0) is 0 Å². The summed E-state index contributed by atoms with van der Waals surface area (Å²) in [6.45, 7) is 6.65. The van der Waals surface area contributed by atoms with Crippen molar-refractivity contribution in [2.45, 2.75) is 44.8 Å². The Labute approximate surface area is 136 Å². The number of aliphatic hydroxyl groups is 1. The molecule has 2 fully saturated rings. The highest BCUT2D eigenvalue weighted by Gasteiger charge is 2.28. The maximum absolute atomic E-state index is 9.72. The Hall–Kier alpha value is -0.580. The highest BCUT2D eigenvalue weighted by atomic mass is 79.9. The number of rotatable bonds is 3. The van der Waals surface area contributed by atoms with Crippen molar-refractivity contribution in [2.24, 2.45) is 0 Å². The van der Waals surface area contributed by atoms with E-state index in [1.165, 1.54) is 44.5 Å². The summed E-state index contributed by atoms with van der Waals surface area (Å²) in [6.07, 6.45) is 4.99. The molecule has 0 radical (unpaired) electrons. The Morgan fingerprint density at radius 1 is 1.19 bits per heavy atom. The average Bonchev–Trinajstić information content (AvgIpc) is 2.97. The first-order valence-electron chi connectivity index (χ1n) is 8.11. The molecule has 2 saturated heterocycles. The number of nitrogens with zero attached hydrogens (tertiary/aromatic N) is 2. The number of piperidine rings is 1. The summed E-state index contributed by atoms with van der Waals surface area (Å²) >= 11 is 3.59. The van der Waals surface area contributed by atoms with Crippen LogP contribution in [0.15, 0.2) is 22.7 Å². The molecule has 0 aliphatic carbocycles. The van der Waals surface area contributed by atoms with Crippen LogP contribution in [0.5, 0.6) is 0 Å². The first-order valence-corrected chi connectivity index (χ1v) is 8.91. The topological polar surface area (TPSA) is 26.7 Å². The zero-order chi connectivity index (χ0) is 14.8. The number of likely N-dealkylation sites (tertiary alicyclic amines) is 1. The van der Waals surface area contributed by atoms with Crippen LogP contribution >= 0.6 is 15.9 Å². The van der Waals surface area contributed by atoms with Crippen LogP contribution in [0.2, 0.25) is 0 Å². The number of hydrogen-bond acceptors (Lipinski definition) is 3. The van der Waals surface area contributed by atoms with E-state index in [1.807, 2.05) is 13.0 Å². The quantitative estimate of drug-likeness (QED) is 0.900. The summed E-state index contributed by atoms with van der Waals surface area (Å²) in [5, 5.41) is 9.72. The molecule has 0 saturated carbocycles. The second-order valence-electron chi connectivity index (χ2n) is 6.37. The fraction of sp³-hybridized carbons (Fsp3) is 0.647. The van der Waals surface area contributed by atoms with Gasteiger partial charge in [0.15, 0.2) is 0 Å². The Morgan fingerprint density at radius 3 is 2.62 bits per heavy atom. The largest absolute Gasteiger partial charge is 0.389 e. The lowest BCUT2D eigenvalue weighted by molar-refractivity contribution is 0.175. The molecule has 2 aliphatic heterocycles. The van der Waals surface area contributed by atoms with Crippen molar-refractivity contribution in [1.29, 1.82) is 0 Å². The minimum atomic E-state index is -0.423. The Balaban J connectivity index is 1.67. The van der Waals surface area contributed by atoms with E-state index < -0.39 is 6.10 Å². The Kier molecular flexibility index (Phi) is 4.87. The predicted molar refractivity (Wildman–Crippen MR) is 90.8 cm³/mol. The zero-order valence-corrected chi connectivity index (χ0v) is 14.3. The van der Waals surface area contributed by atoms with Gasteiger partial charge in [0.1, 0.15) is 0 Å². The van der Waals surface area contributed by atoms with Gasteiger partial charge in [-0.1, -0.05) is 28.4 Å². The molecule has 2 unspecified atom stereocenters. The molecule has 21 heavy (non-hydrogen) atoms. The van der Waals surface area contributed by atoms with Crippen LogP contribution in [-0.4, -0.2) is 42.2 Å². The van der Waals surface area contributed by atoms with Crippen LogP contribution in [0, 0.1) is 0 Å². The van der Waals surface area contributed by atoms with Crippen molar-refractivity contribution in [2.75, 3.05) is 31.1 Å². The highest BCUT2D eigenvalue weighted by Crippen LogP contribution is 2.31. The van der Waals surface area contributed by atoms with Gasteiger partial charge in [0.05, 0.1) is 6.10 Å². The summed E-state index contributed by atoms with van der Waals surface area (Å²) in [7, 11) is 0. The molecule has 3 rings (SSSR count). The molecule has 4 heteroatoms. The number of hydrogen-bond donors (Lipinski definition) is 1. The molecule has 1 N–H and O–H groups in total. The molecule has 3 nitrogen and oxygen atoms in total. The van der Waals surface area contributed by atoms with Crippen molar-refractivity contribution in [3.05, 3.63) is 28.2 Å². The number of aliphatic hydroxyl groups excluding tert-OH is 1. The van der Waals surface area contributed by atoms with Gasteiger partial charge < -0.3 is 10.0 Å². The van der Waals surface area contributed by atoms with Gasteiger partial charge in [0.25, 0.3) is 0 Å². The van der Waals surface area contributed by atoms with Crippen LogP contribution in [0.25, 0.3) is 0 Å². The smallest absolute Gasteiger partial charge is 0.0772 e. The summed E-state index contributed by atoms with van der Waals surface area (Å²) < 4.78 is 1.01. The summed E-state index contributed by atoms with van der Waals surface area (Å²) in [6, 6.07) is 7.06. The summed E-state index contributed by atoms with van der Waals surface area (Å²) in [5.41, 5.74) is 2.23. The van der Waals surface area contributed by atoms with Gasteiger partial charge in [-0.15, -0.1) is 0 Å².